The molecule has 7 heteroatoms. The van der Waals surface area contributed by atoms with Gasteiger partial charge in [0.2, 0.25) is 4.96 Å². The Morgan fingerprint density at radius 3 is 2.81 bits per heavy atom. The number of hydrogen-bond donors (Lipinski definition) is 0. The number of carbonyl (C=O) groups is 1. The smallest absolute Gasteiger partial charge is 0.286 e. The highest BCUT2D eigenvalue weighted by Gasteiger charge is 2.13. The van der Waals surface area contributed by atoms with Gasteiger partial charge in [-0.3, -0.25) is 9.59 Å². The van der Waals surface area contributed by atoms with Crippen LogP contribution in [0.25, 0.3) is 4.96 Å². The van der Waals surface area contributed by atoms with Crippen LogP contribution in [0.15, 0.2) is 15.3 Å². The van der Waals surface area contributed by atoms with Gasteiger partial charge in [-0.2, -0.15) is 4.52 Å². The van der Waals surface area contributed by atoms with Crippen molar-refractivity contribution >= 4 is 33.8 Å². The van der Waals surface area contributed by atoms with Crippen LogP contribution < -0.4 is 5.56 Å². The van der Waals surface area contributed by atoms with Crippen LogP contribution in [0.4, 0.5) is 0 Å². The SMILES string of the molecule is CCCCCCCSc1nn2c(=O)c(C(C)=O)cnc2s1. The number of ketones is 1. The fourth-order valence-electron chi connectivity index (χ4n) is 1.93. The van der Waals surface area contributed by atoms with E-state index in [9.17, 15) is 9.59 Å². The number of hydrogen-bond acceptors (Lipinski definition) is 6. The Balaban J connectivity index is 2.01. The summed E-state index contributed by atoms with van der Waals surface area (Å²) in [6.45, 7) is 3.57. The second-order valence-electron chi connectivity index (χ2n) is 4.86. The first-order valence-electron chi connectivity index (χ1n) is 7.16. The first-order valence-corrected chi connectivity index (χ1v) is 8.96. The van der Waals surface area contributed by atoms with Crippen LogP contribution in [-0.2, 0) is 0 Å². The van der Waals surface area contributed by atoms with Crippen LogP contribution in [0, 0.1) is 0 Å². The summed E-state index contributed by atoms with van der Waals surface area (Å²) in [5.41, 5.74) is -0.285. The van der Waals surface area contributed by atoms with E-state index in [1.54, 1.807) is 11.8 Å². The van der Waals surface area contributed by atoms with Crippen molar-refractivity contribution in [3.05, 3.63) is 22.1 Å². The molecule has 0 unspecified atom stereocenters. The van der Waals surface area contributed by atoms with E-state index in [4.69, 9.17) is 0 Å². The van der Waals surface area contributed by atoms with Crippen LogP contribution in [0.2, 0.25) is 0 Å². The Labute approximate surface area is 131 Å². The Morgan fingerprint density at radius 1 is 1.33 bits per heavy atom. The van der Waals surface area contributed by atoms with Gasteiger partial charge in [-0.05, 0) is 13.3 Å². The Kier molecular flexibility index (Phi) is 5.93. The molecule has 2 aromatic heterocycles. The lowest BCUT2D eigenvalue weighted by Gasteiger charge is -1.97. The van der Waals surface area contributed by atoms with Gasteiger partial charge in [-0.1, -0.05) is 55.7 Å². The predicted octanol–water partition coefficient (Wildman–Crippen LogP) is 3.42. The number of unbranched alkanes of at least 4 members (excludes halogenated alkanes) is 4. The highest BCUT2D eigenvalue weighted by molar-refractivity contribution is 8.01. The molecule has 0 radical (unpaired) electrons. The van der Waals surface area contributed by atoms with Gasteiger partial charge in [-0.25, -0.2) is 4.98 Å². The van der Waals surface area contributed by atoms with E-state index in [0.717, 1.165) is 16.5 Å². The van der Waals surface area contributed by atoms with Crippen molar-refractivity contribution in [1.29, 1.82) is 0 Å². The average molecular weight is 325 g/mol. The summed E-state index contributed by atoms with van der Waals surface area (Å²) >= 11 is 3.04. The molecule has 114 valence electrons. The van der Waals surface area contributed by atoms with Crippen molar-refractivity contribution in [2.24, 2.45) is 0 Å². The topological polar surface area (TPSA) is 64.3 Å². The number of nitrogens with zero attached hydrogens (tertiary/aromatic N) is 3. The van der Waals surface area contributed by atoms with Crippen molar-refractivity contribution < 1.29 is 4.79 Å². The van der Waals surface area contributed by atoms with Gasteiger partial charge in [-0.15, -0.1) is 5.10 Å². The van der Waals surface area contributed by atoms with Crippen molar-refractivity contribution in [3.63, 3.8) is 0 Å². The molecule has 0 spiro atoms. The second kappa shape index (κ2) is 7.70. The first kappa shape index (κ1) is 16.2. The first-order chi connectivity index (χ1) is 10.1. The number of rotatable bonds is 8. The zero-order chi connectivity index (χ0) is 15.2. The Morgan fingerprint density at radius 2 is 2.10 bits per heavy atom. The van der Waals surface area contributed by atoms with Crippen LogP contribution in [0.1, 0.15) is 56.3 Å². The lowest BCUT2D eigenvalue weighted by molar-refractivity contribution is 0.101. The van der Waals surface area contributed by atoms with Crippen molar-refractivity contribution in [2.75, 3.05) is 5.75 Å². The van der Waals surface area contributed by atoms with Crippen molar-refractivity contribution in [1.82, 2.24) is 14.6 Å². The van der Waals surface area contributed by atoms with E-state index >= 15 is 0 Å². The minimum atomic E-state index is -0.376. The summed E-state index contributed by atoms with van der Waals surface area (Å²) in [5.74, 6) is 0.720. The van der Waals surface area contributed by atoms with Crippen LogP contribution >= 0.6 is 23.1 Å². The van der Waals surface area contributed by atoms with Gasteiger partial charge in [0.1, 0.15) is 5.56 Å². The Hall–Kier alpha value is -1.21. The van der Waals surface area contributed by atoms with Crippen LogP contribution in [0.5, 0.6) is 0 Å². The molecule has 0 bridgehead atoms. The van der Waals surface area contributed by atoms with E-state index in [0.29, 0.717) is 4.96 Å². The minimum absolute atomic E-state index is 0.0916. The van der Waals surface area contributed by atoms with Gasteiger partial charge < -0.3 is 0 Å². The molecule has 2 rings (SSSR count). The summed E-state index contributed by atoms with van der Waals surface area (Å²) in [6.07, 6.45) is 7.55. The highest BCUT2D eigenvalue weighted by Crippen LogP contribution is 2.24. The monoisotopic (exact) mass is 325 g/mol. The average Bonchev–Trinajstić information content (AvgIpc) is 2.86. The van der Waals surface area contributed by atoms with Crippen LogP contribution in [0.3, 0.4) is 0 Å². The molecule has 0 amide bonds. The molecular weight excluding hydrogens is 306 g/mol. The zero-order valence-electron chi connectivity index (χ0n) is 12.3. The van der Waals surface area contributed by atoms with Gasteiger partial charge in [0.05, 0.1) is 0 Å². The molecule has 0 fully saturated rings. The molecule has 0 aliphatic rings. The number of Topliss-reactive ketones (excluding diaryl/α,β-unsaturated/α-hetero) is 1. The third-order valence-electron chi connectivity index (χ3n) is 3.12. The molecule has 0 aliphatic carbocycles. The lowest BCUT2D eigenvalue weighted by atomic mass is 10.2. The molecule has 0 saturated carbocycles. The summed E-state index contributed by atoms with van der Waals surface area (Å²) in [4.78, 5) is 28.1. The van der Waals surface area contributed by atoms with Crippen LogP contribution in [-0.4, -0.2) is 26.1 Å². The summed E-state index contributed by atoms with van der Waals surface area (Å²) in [5, 5.41) is 4.26. The van der Waals surface area contributed by atoms with Crippen molar-refractivity contribution in [2.45, 2.75) is 50.3 Å². The molecule has 0 aliphatic heterocycles. The maximum atomic E-state index is 12.1. The number of carbonyl (C=O) groups excluding carboxylic acids is 1. The zero-order valence-corrected chi connectivity index (χ0v) is 13.9. The van der Waals surface area contributed by atoms with Gasteiger partial charge in [0.25, 0.3) is 5.56 Å². The second-order valence-corrected chi connectivity index (χ2v) is 7.16. The fourth-order valence-corrected chi connectivity index (χ4v) is 3.90. The largest absolute Gasteiger partial charge is 0.294 e. The van der Waals surface area contributed by atoms with Gasteiger partial charge >= 0.3 is 0 Å². The summed E-state index contributed by atoms with van der Waals surface area (Å²) < 4.78 is 2.07. The van der Waals surface area contributed by atoms with E-state index in [1.165, 1.54) is 54.7 Å². The Bertz CT molecular complexity index is 678. The molecule has 0 N–H and O–H groups in total. The quantitative estimate of drug-likeness (QED) is 0.423. The molecule has 2 heterocycles. The third kappa shape index (κ3) is 4.14. The molecule has 0 aromatic carbocycles. The normalized spacial score (nSPS) is 11.1. The van der Waals surface area contributed by atoms with E-state index < -0.39 is 0 Å². The van der Waals surface area contributed by atoms with E-state index in [-0.39, 0.29) is 16.9 Å². The highest BCUT2D eigenvalue weighted by atomic mass is 32.2. The van der Waals surface area contributed by atoms with E-state index in [1.807, 2.05) is 0 Å². The summed E-state index contributed by atoms with van der Waals surface area (Å²) in [7, 11) is 0. The molecule has 5 nitrogen and oxygen atoms in total. The third-order valence-corrected chi connectivity index (χ3v) is 5.26. The van der Waals surface area contributed by atoms with Gasteiger partial charge in [0.15, 0.2) is 10.1 Å². The van der Waals surface area contributed by atoms with Gasteiger partial charge in [0, 0.05) is 11.9 Å². The number of thioether (sulfide) groups is 1. The maximum absolute atomic E-state index is 12.1. The molecule has 0 atom stereocenters. The lowest BCUT2D eigenvalue weighted by Crippen LogP contribution is -2.21. The maximum Gasteiger partial charge on any atom is 0.286 e. The fraction of sp³-hybridized carbons (Fsp3) is 0.571. The standard InChI is InChI=1S/C14H19N3O2S2/c1-3-4-5-6-7-8-20-14-16-17-12(19)11(10(2)18)9-15-13(17)21-14/h9H,3-8H2,1-2H3. The van der Waals surface area contributed by atoms with E-state index in [2.05, 4.69) is 17.0 Å². The molecular formula is C14H19N3O2S2. The number of fused-ring (bicyclic) bond motifs is 1. The summed E-state index contributed by atoms with van der Waals surface area (Å²) in [6, 6.07) is 0. The predicted molar refractivity (Wildman–Crippen MR) is 86.6 cm³/mol. The molecule has 2 aromatic rings. The number of aromatic nitrogens is 3. The van der Waals surface area contributed by atoms with Crippen molar-refractivity contribution in [3.8, 4) is 0 Å². The minimum Gasteiger partial charge on any atom is -0.294 e. The molecule has 21 heavy (non-hydrogen) atoms. The molecule has 0 saturated heterocycles.